The summed E-state index contributed by atoms with van der Waals surface area (Å²) in [7, 11) is 3.26. The number of hydrogen-bond donors (Lipinski definition) is 0. The van der Waals surface area contributed by atoms with E-state index in [1.165, 1.54) is 39.0 Å². The number of ether oxygens (including phenoxy) is 1. The highest BCUT2D eigenvalue weighted by Gasteiger charge is 2.35. The van der Waals surface area contributed by atoms with Crippen LogP contribution in [-0.2, 0) is 11.3 Å². The lowest BCUT2D eigenvalue weighted by Gasteiger charge is -2.30. The molecule has 1 aliphatic carbocycles. The Morgan fingerprint density at radius 2 is 2.18 bits per heavy atom. The van der Waals surface area contributed by atoms with Crippen molar-refractivity contribution in [3.63, 3.8) is 0 Å². The van der Waals surface area contributed by atoms with Gasteiger partial charge in [0.2, 0.25) is 0 Å². The molecule has 0 bridgehead atoms. The molecule has 1 saturated carbocycles. The lowest BCUT2D eigenvalue weighted by Crippen LogP contribution is -2.42. The number of carbonyl (C=O) groups is 2. The first kappa shape index (κ1) is 15.0. The summed E-state index contributed by atoms with van der Waals surface area (Å²) in [6.45, 7) is 1.26. The zero-order chi connectivity index (χ0) is 15.7. The van der Waals surface area contributed by atoms with Crippen molar-refractivity contribution in [1.29, 1.82) is 0 Å². The van der Waals surface area contributed by atoms with E-state index in [-0.39, 0.29) is 11.6 Å². The minimum absolute atomic E-state index is 0.0666. The maximum absolute atomic E-state index is 12.6. The maximum atomic E-state index is 12.6. The van der Waals surface area contributed by atoms with E-state index >= 15 is 0 Å². The molecule has 6 nitrogen and oxygen atoms in total. The summed E-state index contributed by atoms with van der Waals surface area (Å²) in [5, 5.41) is 3.69. The van der Waals surface area contributed by atoms with Crippen LogP contribution in [0, 0.1) is 5.92 Å². The fraction of sp³-hybridized carbons (Fsp3) is 0.562. The number of rotatable bonds is 4. The normalized spacial score (nSPS) is 18.1. The molecule has 0 N–H and O–H groups in total. The molecule has 1 amide bonds. The number of hydrazine groups is 1. The fourth-order valence-electron chi connectivity index (χ4n) is 3.43. The average molecular weight is 303 g/mol. The van der Waals surface area contributed by atoms with E-state index in [2.05, 4.69) is 4.98 Å². The third kappa shape index (κ3) is 2.59. The Morgan fingerprint density at radius 3 is 2.86 bits per heavy atom. The molecule has 0 aromatic carbocycles. The van der Waals surface area contributed by atoms with E-state index in [1.54, 1.807) is 11.1 Å². The van der Waals surface area contributed by atoms with Crippen LogP contribution >= 0.6 is 0 Å². The second-order valence-electron chi connectivity index (χ2n) is 6.03. The summed E-state index contributed by atoms with van der Waals surface area (Å²) in [5.41, 5.74) is 1.46. The molecule has 1 aliphatic heterocycles. The summed E-state index contributed by atoms with van der Waals surface area (Å²) in [4.78, 5) is 28.5. The highest BCUT2D eigenvalue weighted by molar-refractivity contribution is 6.01. The van der Waals surface area contributed by atoms with Crippen LogP contribution in [0.1, 0.15) is 52.1 Å². The molecule has 3 rings (SSSR count). The SMILES string of the molecule is COC(=O)c1nccc2c1CN(N(C)CC1CCCC1)C2=O. The number of pyridine rings is 1. The monoisotopic (exact) mass is 303 g/mol. The van der Waals surface area contributed by atoms with Crippen molar-refractivity contribution in [1.82, 2.24) is 15.0 Å². The molecule has 1 aromatic rings. The molecule has 0 spiro atoms. The van der Waals surface area contributed by atoms with E-state index in [9.17, 15) is 9.59 Å². The number of fused-ring (bicyclic) bond motifs is 1. The topological polar surface area (TPSA) is 62.7 Å². The molecule has 0 unspecified atom stereocenters. The van der Waals surface area contributed by atoms with Crippen LogP contribution < -0.4 is 0 Å². The van der Waals surface area contributed by atoms with Gasteiger partial charge in [-0.3, -0.25) is 9.80 Å². The van der Waals surface area contributed by atoms with Gasteiger partial charge in [0.05, 0.1) is 13.7 Å². The average Bonchev–Trinajstić information content (AvgIpc) is 3.14. The van der Waals surface area contributed by atoms with Crippen molar-refractivity contribution in [2.75, 3.05) is 20.7 Å². The molecule has 0 atom stereocenters. The largest absolute Gasteiger partial charge is 0.464 e. The number of methoxy groups -OCH3 is 1. The Morgan fingerprint density at radius 1 is 1.45 bits per heavy atom. The molecule has 1 aromatic heterocycles. The zero-order valence-electron chi connectivity index (χ0n) is 13.0. The first-order valence-corrected chi connectivity index (χ1v) is 7.71. The Hall–Kier alpha value is -1.95. The fourth-order valence-corrected chi connectivity index (χ4v) is 3.43. The summed E-state index contributed by atoms with van der Waals surface area (Å²) in [6.07, 6.45) is 6.51. The van der Waals surface area contributed by atoms with Gasteiger partial charge in [-0.1, -0.05) is 12.8 Å². The van der Waals surface area contributed by atoms with Gasteiger partial charge in [-0.15, -0.1) is 0 Å². The number of amides is 1. The van der Waals surface area contributed by atoms with Crippen LogP contribution in [-0.4, -0.2) is 47.6 Å². The van der Waals surface area contributed by atoms with Crippen LogP contribution in [0.2, 0.25) is 0 Å². The van der Waals surface area contributed by atoms with Crippen molar-refractivity contribution in [2.45, 2.75) is 32.2 Å². The van der Waals surface area contributed by atoms with Gasteiger partial charge in [0.25, 0.3) is 5.91 Å². The molecule has 1 fully saturated rings. The van der Waals surface area contributed by atoms with Crippen LogP contribution in [0.3, 0.4) is 0 Å². The quantitative estimate of drug-likeness (QED) is 0.795. The van der Waals surface area contributed by atoms with Crippen LogP contribution in [0.15, 0.2) is 12.3 Å². The Balaban J connectivity index is 1.79. The van der Waals surface area contributed by atoms with Crippen molar-refractivity contribution >= 4 is 11.9 Å². The molecule has 118 valence electrons. The molecule has 6 heteroatoms. The second-order valence-corrected chi connectivity index (χ2v) is 6.03. The summed E-state index contributed by atoms with van der Waals surface area (Å²) in [6, 6.07) is 1.67. The highest BCUT2D eigenvalue weighted by Crippen LogP contribution is 2.29. The second kappa shape index (κ2) is 6.04. The van der Waals surface area contributed by atoms with E-state index in [1.807, 2.05) is 12.1 Å². The molecule has 2 heterocycles. The standard InChI is InChI=1S/C16H21N3O3/c1-18(9-11-5-3-4-6-11)19-10-13-12(15(19)20)7-8-17-14(13)16(21)22-2/h7-8,11H,3-6,9-10H2,1-2H3. The number of hydrogen-bond acceptors (Lipinski definition) is 5. The molecule has 2 aliphatic rings. The van der Waals surface area contributed by atoms with Gasteiger partial charge in [0.1, 0.15) is 0 Å². The van der Waals surface area contributed by atoms with Crippen molar-refractivity contribution < 1.29 is 14.3 Å². The minimum atomic E-state index is -0.495. The van der Waals surface area contributed by atoms with Gasteiger partial charge in [0, 0.05) is 30.9 Å². The first-order valence-electron chi connectivity index (χ1n) is 7.71. The van der Waals surface area contributed by atoms with Crippen molar-refractivity contribution in [3.05, 3.63) is 29.1 Å². The maximum Gasteiger partial charge on any atom is 0.357 e. The van der Waals surface area contributed by atoms with Gasteiger partial charge >= 0.3 is 5.97 Å². The van der Waals surface area contributed by atoms with E-state index in [4.69, 9.17) is 4.74 Å². The predicted octanol–water partition coefficient (Wildman–Crippen LogP) is 1.86. The molecule has 22 heavy (non-hydrogen) atoms. The Labute approximate surface area is 130 Å². The predicted molar refractivity (Wildman–Crippen MR) is 80.0 cm³/mol. The van der Waals surface area contributed by atoms with Gasteiger partial charge in [-0.2, -0.15) is 0 Å². The van der Waals surface area contributed by atoms with Gasteiger partial charge in [0.15, 0.2) is 5.69 Å². The van der Waals surface area contributed by atoms with Crippen molar-refractivity contribution in [2.24, 2.45) is 5.92 Å². The number of carbonyl (C=O) groups excluding carboxylic acids is 2. The summed E-state index contributed by atoms with van der Waals surface area (Å²) in [5.74, 6) is 0.0905. The summed E-state index contributed by atoms with van der Waals surface area (Å²) < 4.78 is 4.76. The zero-order valence-corrected chi connectivity index (χ0v) is 13.0. The van der Waals surface area contributed by atoms with E-state index in [0.29, 0.717) is 23.6 Å². The Bertz CT molecular complexity index is 596. The molecule has 0 saturated heterocycles. The number of aromatic nitrogens is 1. The molecule has 0 radical (unpaired) electrons. The third-order valence-electron chi connectivity index (χ3n) is 4.62. The van der Waals surface area contributed by atoms with Crippen LogP contribution in [0.5, 0.6) is 0 Å². The summed E-state index contributed by atoms with van der Waals surface area (Å²) >= 11 is 0. The smallest absolute Gasteiger partial charge is 0.357 e. The van der Waals surface area contributed by atoms with Gasteiger partial charge < -0.3 is 4.74 Å². The van der Waals surface area contributed by atoms with E-state index < -0.39 is 5.97 Å². The lowest BCUT2D eigenvalue weighted by molar-refractivity contribution is -0.000600. The molecular weight excluding hydrogens is 282 g/mol. The molecular formula is C16H21N3O3. The van der Waals surface area contributed by atoms with Crippen LogP contribution in [0.4, 0.5) is 0 Å². The third-order valence-corrected chi connectivity index (χ3v) is 4.62. The first-order chi connectivity index (χ1) is 10.6. The van der Waals surface area contributed by atoms with E-state index in [0.717, 1.165) is 6.54 Å². The highest BCUT2D eigenvalue weighted by atomic mass is 16.5. The van der Waals surface area contributed by atoms with Gasteiger partial charge in [-0.05, 0) is 24.8 Å². The number of esters is 1. The number of nitrogens with zero attached hydrogens (tertiary/aromatic N) is 3. The Kier molecular flexibility index (Phi) is 4.11. The lowest BCUT2D eigenvalue weighted by atomic mass is 10.1. The minimum Gasteiger partial charge on any atom is -0.464 e. The van der Waals surface area contributed by atoms with Crippen LogP contribution in [0.25, 0.3) is 0 Å². The van der Waals surface area contributed by atoms with Crippen molar-refractivity contribution in [3.8, 4) is 0 Å². The van der Waals surface area contributed by atoms with Gasteiger partial charge in [-0.25, -0.2) is 14.8 Å².